The van der Waals surface area contributed by atoms with Gasteiger partial charge in [0.25, 0.3) is 0 Å². The van der Waals surface area contributed by atoms with E-state index in [1.54, 1.807) is 0 Å². The van der Waals surface area contributed by atoms with Crippen molar-refractivity contribution in [2.24, 2.45) is 4.99 Å². The van der Waals surface area contributed by atoms with Gasteiger partial charge in [0.2, 0.25) is 0 Å². The highest BCUT2D eigenvalue weighted by atomic mass is 14.8. The highest BCUT2D eigenvalue weighted by Crippen LogP contribution is 2.46. The molecule has 0 N–H and O–H groups in total. The van der Waals surface area contributed by atoms with Crippen LogP contribution in [0.3, 0.4) is 0 Å². The van der Waals surface area contributed by atoms with Gasteiger partial charge in [-0.25, -0.2) is 0 Å². The Hall–Kier alpha value is -7.09. The van der Waals surface area contributed by atoms with Gasteiger partial charge in [0, 0.05) is 12.1 Å². The third-order valence-corrected chi connectivity index (χ3v) is 11.8. The number of hydrogen-bond acceptors (Lipinski definition) is 1. The topological polar surface area (TPSA) is 12.4 Å². The molecule has 0 unspecified atom stereocenters. The lowest BCUT2D eigenvalue weighted by Gasteiger charge is -2.19. The molecule has 0 radical (unpaired) electrons. The Bertz CT molecular complexity index is 3160. The van der Waals surface area contributed by atoms with E-state index in [2.05, 4.69) is 214 Å². The van der Waals surface area contributed by atoms with Gasteiger partial charge < -0.3 is 0 Å². The Labute approximate surface area is 340 Å². The average Bonchev–Trinajstić information content (AvgIpc) is 3.47. The van der Waals surface area contributed by atoms with E-state index in [0.717, 1.165) is 29.8 Å². The summed E-state index contributed by atoms with van der Waals surface area (Å²) in [6, 6.07) is 67.0. The van der Waals surface area contributed by atoms with Crippen LogP contribution in [0.5, 0.6) is 0 Å². The van der Waals surface area contributed by atoms with Crippen LogP contribution >= 0.6 is 0 Å². The van der Waals surface area contributed by atoms with Gasteiger partial charge in [0.1, 0.15) is 0 Å². The third-order valence-electron chi connectivity index (χ3n) is 11.8. The maximum atomic E-state index is 5.33. The van der Waals surface area contributed by atoms with Gasteiger partial charge in [0.15, 0.2) is 0 Å². The zero-order chi connectivity index (χ0) is 39.0. The molecule has 0 aromatic heterocycles. The van der Waals surface area contributed by atoms with Gasteiger partial charge in [-0.2, -0.15) is 0 Å². The summed E-state index contributed by atoms with van der Waals surface area (Å²) in [6.07, 6.45) is 8.27. The molecule has 9 aromatic rings. The summed E-state index contributed by atoms with van der Waals surface area (Å²) >= 11 is 0. The molecule has 276 valence electrons. The number of aliphatic imine (C=N–C) groups is 1. The van der Waals surface area contributed by atoms with Crippen LogP contribution in [-0.2, 0) is 0 Å². The second-order valence-electron chi connectivity index (χ2n) is 15.3. The molecular weight excluding hydrogens is 699 g/mol. The van der Waals surface area contributed by atoms with Crippen molar-refractivity contribution in [1.29, 1.82) is 0 Å². The summed E-state index contributed by atoms with van der Waals surface area (Å²) < 4.78 is 0. The first-order valence-electron chi connectivity index (χ1n) is 20.4. The molecule has 10 rings (SSSR count). The fourth-order valence-electron chi connectivity index (χ4n) is 8.91. The second kappa shape index (κ2) is 15.1. The van der Waals surface area contributed by atoms with Crippen molar-refractivity contribution >= 4 is 54.4 Å². The van der Waals surface area contributed by atoms with Gasteiger partial charge in [0.05, 0.1) is 5.71 Å². The molecule has 1 aliphatic heterocycles. The Morgan fingerprint density at radius 3 is 1.59 bits per heavy atom. The van der Waals surface area contributed by atoms with Crippen LogP contribution in [0.4, 0.5) is 0 Å². The Balaban J connectivity index is 1.14. The molecule has 58 heavy (non-hydrogen) atoms. The minimum absolute atomic E-state index is 0.767. The molecule has 1 aliphatic rings. The summed E-state index contributed by atoms with van der Waals surface area (Å²) in [5.74, 6) is 0. The Kier molecular flexibility index (Phi) is 9.20. The monoisotopic (exact) mass is 741 g/mol. The van der Waals surface area contributed by atoms with Crippen molar-refractivity contribution in [3.63, 3.8) is 0 Å². The van der Waals surface area contributed by atoms with E-state index in [1.165, 1.54) is 93.2 Å². The predicted molar refractivity (Wildman–Crippen MR) is 250 cm³/mol. The molecule has 0 atom stereocenters. The van der Waals surface area contributed by atoms with E-state index in [0.29, 0.717) is 0 Å². The van der Waals surface area contributed by atoms with Crippen molar-refractivity contribution in [3.05, 3.63) is 223 Å². The van der Waals surface area contributed by atoms with Crippen LogP contribution in [0.2, 0.25) is 0 Å². The molecule has 1 heteroatoms. The lowest BCUT2D eigenvalue weighted by Crippen LogP contribution is -2.02. The summed E-state index contributed by atoms with van der Waals surface area (Å²) in [4.78, 5) is 5.33. The van der Waals surface area contributed by atoms with Crippen LogP contribution in [-0.4, -0.2) is 5.71 Å². The van der Waals surface area contributed by atoms with Gasteiger partial charge >= 0.3 is 0 Å². The Morgan fingerprint density at radius 1 is 0.448 bits per heavy atom. The molecule has 1 nitrogen and oxygen atoms in total. The predicted octanol–water partition coefficient (Wildman–Crippen LogP) is 15.8. The smallest absolute Gasteiger partial charge is 0.0523 e. The van der Waals surface area contributed by atoms with Crippen molar-refractivity contribution in [2.45, 2.75) is 26.7 Å². The van der Waals surface area contributed by atoms with Gasteiger partial charge in [-0.1, -0.05) is 183 Å². The van der Waals surface area contributed by atoms with E-state index < -0.39 is 0 Å². The maximum Gasteiger partial charge on any atom is 0.0523 e. The first kappa shape index (κ1) is 35.3. The van der Waals surface area contributed by atoms with Crippen LogP contribution in [0.15, 0.2) is 216 Å². The number of rotatable bonds is 7. The van der Waals surface area contributed by atoms with E-state index in [1.807, 2.05) is 0 Å². The van der Waals surface area contributed by atoms with Gasteiger partial charge in [-0.3, -0.25) is 4.99 Å². The van der Waals surface area contributed by atoms with Gasteiger partial charge in [-0.15, -0.1) is 0 Å². The zero-order valence-corrected chi connectivity index (χ0v) is 32.9. The summed E-state index contributed by atoms with van der Waals surface area (Å²) in [6.45, 7) is 4.28. The van der Waals surface area contributed by atoms with Crippen LogP contribution in [0.25, 0.3) is 82.0 Å². The average molecular weight is 742 g/mol. The molecule has 0 spiro atoms. The lowest BCUT2D eigenvalue weighted by atomic mass is 9.84. The minimum atomic E-state index is 0.767. The third kappa shape index (κ3) is 6.45. The molecular formula is C57H43N. The summed E-state index contributed by atoms with van der Waals surface area (Å²) in [7, 11) is 0. The molecule has 0 amide bonds. The molecule has 0 aliphatic carbocycles. The van der Waals surface area contributed by atoms with E-state index >= 15 is 0 Å². The lowest BCUT2D eigenvalue weighted by molar-refractivity contribution is 1.05. The number of nitrogens with zero attached hydrogens (tertiary/aromatic N) is 1. The van der Waals surface area contributed by atoms with Crippen molar-refractivity contribution in [2.75, 3.05) is 0 Å². The fraction of sp³-hybridized carbons (Fsp3) is 0.0702. The van der Waals surface area contributed by atoms with Crippen LogP contribution in [0, 0.1) is 0 Å². The number of hydrogen-bond donors (Lipinski definition) is 0. The van der Waals surface area contributed by atoms with E-state index in [9.17, 15) is 0 Å². The largest absolute Gasteiger partial charge is 0.256 e. The number of allylic oxidation sites excluding steroid dienone is 6. The quantitative estimate of drug-likeness (QED) is 0.144. The van der Waals surface area contributed by atoms with E-state index in [-0.39, 0.29) is 0 Å². The summed E-state index contributed by atoms with van der Waals surface area (Å²) in [5, 5.41) is 10.0. The molecule has 9 aromatic carbocycles. The second-order valence-corrected chi connectivity index (χ2v) is 15.3. The SMILES string of the molecule is C/C=C\C1=C(CC)N=C(c2ccc(-c3ccc4c(-c5ccc6ccccc6c5)c5ccccc5c(-c5ccc6ccccc6c5)c4c3)cc2)CC(c2ccccc2)=C1. The zero-order valence-electron chi connectivity index (χ0n) is 32.9. The normalized spacial score (nSPS) is 13.4. The molecule has 1 heterocycles. The van der Waals surface area contributed by atoms with E-state index in [4.69, 9.17) is 4.99 Å². The first-order chi connectivity index (χ1) is 28.6. The Morgan fingerprint density at radius 2 is 0.966 bits per heavy atom. The maximum absolute atomic E-state index is 5.33. The molecule has 0 fully saturated rings. The molecule has 0 bridgehead atoms. The highest BCUT2D eigenvalue weighted by molar-refractivity contribution is 6.22. The molecule has 0 saturated heterocycles. The van der Waals surface area contributed by atoms with Crippen molar-refractivity contribution in [3.8, 4) is 33.4 Å². The van der Waals surface area contributed by atoms with Crippen molar-refractivity contribution < 1.29 is 0 Å². The van der Waals surface area contributed by atoms with Crippen LogP contribution < -0.4 is 0 Å². The summed E-state index contributed by atoms with van der Waals surface area (Å²) in [5.41, 5.74) is 14.4. The number of benzene rings is 9. The first-order valence-corrected chi connectivity index (χ1v) is 20.4. The van der Waals surface area contributed by atoms with Crippen molar-refractivity contribution in [1.82, 2.24) is 0 Å². The standard InChI is InChI=1S/C57H43N/c1-3-14-46-35-49(38-15-6-5-7-16-38)37-55(58-54(46)4-2)42-27-23-41(24-28-42)45-31-32-52-53(36-45)57(48-30-26-40-18-9-11-20-44(40)34-48)51-22-13-12-21-50(51)56(52)47-29-25-39-17-8-10-19-43(39)33-47/h3,5-36H,4,37H2,1-2H3/b14-3-. The van der Waals surface area contributed by atoms with Crippen LogP contribution in [0.1, 0.15) is 37.8 Å². The minimum Gasteiger partial charge on any atom is -0.256 e. The highest BCUT2D eigenvalue weighted by Gasteiger charge is 2.19. The fourth-order valence-corrected chi connectivity index (χ4v) is 8.91. The molecule has 0 saturated carbocycles. The number of fused-ring (bicyclic) bond motifs is 4. The van der Waals surface area contributed by atoms with Gasteiger partial charge in [-0.05, 0) is 136 Å².